The molecule has 0 radical (unpaired) electrons. The number of piperidine rings is 1. The number of aryl methyl sites for hydroxylation is 1. The van der Waals surface area contributed by atoms with Crippen LogP contribution < -0.4 is 0 Å². The predicted octanol–water partition coefficient (Wildman–Crippen LogP) is 2.90. The number of aromatic nitrogens is 1. The van der Waals surface area contributed by atoms with Gasteiger partial charge in [-0.25, -0.2) is 0 Å². The Labute approximate surface area is 139 Å². The summed E-state index contributed by atoms with van der Waals surface area (Å²) in [5.41, 5.74) is 1.91. The van der Waals surface area contributed by atoms with Crippen LogP contribution in [0, 0.1) is 0 Å². The first-order valence-electron chi connectivity index (χ1n) is 8.79. The minimum atomic E-state index is 0.129. The van der Waals surface area contributed by atoms with Crippen LogP contribution >= 0.6 is 0 Å². The Kier molecular flexibility index (Phi) is 4.81. The summed E-state index contributed by atoms with van der Waals surface area (Å²) < 4.78 is 0. The molecule has 1 atom stereocenters. The van der Waals surface area contributed by atoms with E-state index in [1.54, 1.807) is 6.20 Å². The van der Waals surface area contributed by atoms with E-state index in [0.29, 0.717) is 5.56 Å². The lowest BCUT2D eigenvalue weighted by molar-refractivity contribution is 0.0366. The number of likely N-dealkylation sites (tertiary alicyclic amines) is 2. The maximum Gasteiger partial charge on any atom is 0.255 e. The van der Waals surface area contributed by atoms with Crippen molar-refractivity contribution in [2.24, 2.45) is 0 Å². The Morgan fingerprint density at radius 2 is 2.13 bits per heavy atom. The van der Waals surface area contributed by atoms with E-state index in [1.807, 2.05) is 23.1 Å². The van der Waals surface area contributed by atoms with Crippen LogP contribution in [0.2, 0.25) is 0 Å². The third-order valence-electron chi connectivity index (χ3n) is 5.37. The molecule has 0 aliphatic carbocycles. The van der Waals surface area contributed by atoms with Gasteiger partial charge in [0, 0.05) is 37.1 Å². The highest BCUT2D eigenvalue weighted by Gasteiger charge is 2.44. The van der Waals surface area contributed by atoms with Gasteiger partial charge in [0.15, 0.2) is 0 Å². The molecule has 0 saturated carbocycles. The largest absolute Gasteiger partial charge is 0.337 e. The second-order valence-electron chi connectivity index (χ2n) is 6.78. The molecule has 2 fully saturated rings. The van der Waals surface area contributed by atoms with E-state index < -0.39 is 0 Å². The van der Waals surface area contributed by atoms with Gasteiger partial charge in [-0.05, 0) is 50.8 Å². The first-order valence-corrected chi connectivity index (χ1v) is 8.79. The lowest BCUT2D eigenvalue weighted by Crippen LogP contribution is -2.56. The second kappa shape index (κ2) is 6.83. The highest BCUT2D eigenvalue weighted by molar-refractivity contribution is 5.94. The summed E-state index contributed by atoms with van der Waals surface area (Å²) in [7, 11) is 0. The fraction of sp³-hybridized carbons (Fsp3) is 0.579. The van der Waals surface area contributed by atoms with Gasteiger partial charge in [-0.2, -0.15) is 0 Å². The monoisotopic (exact) mass is 313 g/mol. The van der Waals surface area contributed by atoms with Gasteiger partial charge in [-0.1, -0.05) is 13.0 Å². The molecule has 0 aromatic carbocycles. The fourth-order valence-electron chi connectivity index (χ4n) is 4.13. The predicted molar refractivity (Wildman–Crippen MR) is 92.5 cm³/mol. The van der Waals surface area contributed by atoms with Crippen LogP contribution in [0.4, 0.5) is 0 Å². The molecule has 23 heavy (non-hydrogen) atoms. The minimum Gasteiger partial charge on any atom is -0.337 e. The van der Waals surface area contributed by atoms with E-state index in [4.69, 9.17) is 0 Å². The number of hydrogen-bond donors (Lipinski definition) is 0. The molecule has 124 valence electrons. The quantitative estimate of drug-likeness (QED) is 0.802. The van der Waals surface area contributed by atoms with Crippen molar-refractivity contribution in [2.75, 3.05) is 26.2 Å². The Morgan fingerprint density at radius 3 is 2.78 bits per heavy atom. The van der Waals surface area contributed by atoms with Crippen molar-refractivity contribution < 1.29 is 4.79 Å². The molecular weight excluding hydrogens is 286 g/mol. The molecule has 4 heteroatoms. The molecular formula is C19H27N3O. The van der Waals surface area contributed by atoms with Crippen LogP contribution in [0.15, 0.2) is 31.0 Å². The maximum absolute atomic E-state index is 12.9. The normalized spacial score (nSPS) is 25.0. The summed E-state index contributed by atoms with van der Waals surface area (Å²) in [5.74, 6) is 0.129. The summed E-state index contributed by atoms with van der Waals surface area (Å²) in [6.07, 6.45) is 9.31. The van der Waals surface area contributed by atoms with Crippen molar-refractivity contribution in [1.29, 1.82) is 0 Å². The molecule has 2 aliphatic rings. The number of hydrogen-bond acceptors (Lipinski definition) is 3. The third-order valence-corrected chi connectivity index (χ3v) is 5.37. The van der Waals surface area contributed by atoms with Gasteiger partial charge in [0.25, 0.3) is 5.91 Å². The van der Waals surface area contributed by atoms with E-state index in [-0.39, 0.29) is 11.4 Å². The lowest BCUT2D eigenvalue weighted by atomic mass is 9.86. The molecule has 1 unspecified atom stereocenters. The maximum atomic E-state index is 12.9. The fourth-order valence-corrected chi connectivity index (χ4v) is 4.13. The lowest BCUT2D eigenvalue weighted by Gasteiger charge is -2.45. The van der Waals surface area contributed by atoms with E-state index >= 15 is 0 Å². The smallest absolute Gasteiger partial charge is 0.255 e. The van der Waals surface area contributed by atoms with Gasteiger partial charge in [-0.15, -0.1) is 6.58 Å². The molecule has 1 aromatic heterocycles. The van der Waals surface area contributed by atoms with Crippen LogP contribution in [0.1, 0.15) is 48.7 Å². The average molecular weight is 313 g/mol. The summed E-state index contributed by atoms with van der Waals surface area (Å²) in [6, 6.07) is 3.89. The summed E-state index contributed by atoms with van der Waals surface area (Å²) in [4.78, 5) is 21.8. The Morgan fingerprint density at radius 1 is 1.35 bits per heavy atom. The van der Waals surface area contributed by atoms with E-state index in [1.165, 1.54) is 19.3 Å². The SMILES string of the molecule is C=CCN1CCCC12CCCN(C(=O)c1ccc(CC)nc1)C2. The molecule has 0 bridgehead atoms. The summed E-state index contributed by atoms with van der Waals surface area (Å²) in [6.45, 7) is 9.72. The molecule has 0 N–H and O–H groups in total. The Balaban J connectivity index is 1.74. The van der Waals surface area contributed by atoms with Crippen molar-refractivity contribution in [1.82, 2.24) is 14.8 Å². The van der Waals surface area contributed by atoms with Gasteiger partial charge in [-0.3, -0.25) is 14.7 Å². The van der Waals surface area contributed by atoms with Gasteiger partial charge < -0.3 is 4.90 Å². The third kappa shape index (κ3) is 3.18. The molecule has 3 rings (SSSR count). The molecule has 1 amide bonds. The Bertz CT molecular complexity index is 568. The zero-order chi connectivity index (χ0) is 16.3. The minimum absolute atomic E-state index is 0.129. The van der Waals surface area contributed by atoms with Crippen molar-refractivity contribution in [2.45, 2.75) is 44.6 Å². The van der Waals surface area contributed by atoms with Crippen LogP contribution in [0.5, 0.6) is 0 Å². The van der Waals surface area contributed by atoms with Crippen LogP contribution in [0.3, 0.4) is 0 Å². The van der Waals surface area contributed by atoms with Gasteiger partial charge in [0.2, 0.25) is 0 Å². The number of amides is 1. The van der Waals surface area contributed by atoms with Gasteiger partial charge in [0.1, 0.15) is 0 Å². The van der Waals surface area contributed by atoms with Crippen molar-refractivity contribution in [3.8, 4) is 0 Å². The van der Waals surface area contributed by atoms with Gasteiger partial charge in [0.05, 0.1) is 5.56 Å². The first kappa shape index (κ1) is 16.2. The Hall–Kier alpha value is -1.68. The van der Waals surface area contributed by atoms with Crippen molar-refractivity contribution >= 4 is 5.91 Å². The zero-order valence-corrected chi connectivity index (χ0v) is 14.1. The standard InChI is InChI=1S/C19H27N3O/c1-3-11-22-13-6-10-19(22)9-5-12-21(15-19)18(23)16-7-8-17(4-2)20-14-16/h3,7-8,14H,1,4-6,9-13,15H2,2H3. The number of pyridine rings is 1. The summed E-state index contributed by atoms with van der Waals surface area (Å²) in [5, 5.41) is 0. The molecule has 3 heterocycles. The van der Waals surface area contributed by atoms with Crippen LogP contribution in [-0.4, -0.2) is 52.4 Å². The number of rotatable bonds is 4. The molecule has 1 aromatic rings. The van der Waals surface area contributed by atoms with E-state index in [9.17, 15) is 4.79 Å². The van der Waals surface area contributed by atoms with Crippen LogP contribution in [0.25, 0.3) is 0 Å². The summed E-state index contributed by atoms with van der Waals surface area (Å²) >= 11 is 0. The topological polar surface area (TPSA) is 36.4 Å². The number of carbonyl (C=O) groups excluding carboxylic acids is 1. The van der Waals surface area contributed by atoms with E-state index in [0.717, 1.165) is 44.7 Å². The van der Waals surface area contributed by atoms with Crippen molar-refractivity contribution in [3.63, 3.8) is 0 Å². The average Bonchev–Trinajstić information content (AvgIpc) is 2.96. The first-order chi connectivity index (χ1) is 11.2. The number of nitrogens with zero attached hydrogens (tertiary/aromatic N) is 3. The van der Waals surface area contributed by atoms with Crippen LogP contribution in [-0.2, 0) is 6.42 Å². The zero-order valence-electron chi connectivity index (χ0n) is 14.1. The highest BCUT2D eigenvalue weighted by Crippen LogP contribution is 2.37. The van der Waals surface area contributed by atoms with E-state index in [2.05, 4.69) is 23.4 Å². The molecule has 2 saturated heterocycles. The molecule has 4 nitrogen and oxygen atoms in total. The second-order valence-corrected chi connectivity index (χ2v) is 6.78. The number of carbonyl (C=O) groups is 1. The highest BCUT2D eigenvalue weighted by atomic mass is 16.2. The molecule has 2 aliphatic heterocycles. The molecule has 1 spiro atoms. The van der Waals surface area contributed by atoms with Crippen molar-refractivity contribution in [3.05, 3.63) is 42.2 Å². The van der Waals surface area contributed by atoms with Gasteiger partial charge >= 0.3 is 0 Å².